The number of hydrogen-bond acceptors (Lipinski definition) is 8. The first-order valence-electron chi connectivity index (χ1n) is 11.3. The number of carboxylic acids is 1. The molecule has 2 aromatic carbocycles. The Kier molecular flexibility index (Phi) is 8.54. The Bertz CT molecular complexity index is 1210. The van der Waals surface area contributed by atoms with Crippen molar-refractivity contribution in [2.24, 2.45) is 4.99 Å². The first-order chi connectivity index (χ1) is 17.0. The number of amides is 1. The molecule has 3 aromatic rings. The molecule has 1 amide bonds. The summed E-state index contributed by atoms with van der Waals surface area (Å²) < 4.78 is 7.63. The molecule has 0 saturated heterocycles. The van der Waals surface area contributed by atoms with Crippen LogP contribution in [0.5, 0.6) is 5.75 Å². The van der Waals surface area contributed by atoms with Crippen LogP contribution in [0.15, 0.2) is 51.9 Å². The summed E-state index contributed by atoms with van der Waals surface area (Å²) in [4.78, 5) is 32.5. The highest BCUT2D eigenvalue weighted by molar-refractivity contribution is 9.10. The van der Waals surface area contributed by atoms with Crippen LogP contribution in [0.2, 0.25) is 0 Å². The molecule has 184 valence electrons. The van der Waals surface area contributed by atoms with Crippen LogP contribution in [0.3, 0.4) is 0 Å². The number of carbonyl (C=O) groups excluding carboxylic acids is 1. The van der Waals surface area contributed by atoms with Crippen LogP contribution >= 0.6 is 27.3 Å². The van der Waals surface area contributed by atoms with Crippen LogP contribution in [-0.2, 0) is 16.0 Å². The number of nitrogens with one attached hydrogen (secondary N) is 3. The summed E-state index contributed by atoms with van der Waals surface area (Å²) in [5, 5.41) is 19.1. The summed E-state index contributed by atoms with van der Waals surface area (Å²) in [5.41, 5.74) is 1.68. The predicted molar refractivity (Wildman–Crippen MR) is 140 cm³/mol. The fourth-order valence-electron chi connectivity index (χ4n) is 3.50. The third-order valence-electron chi connectivity index (χ3n) is 5.28. The Labute approximate surface area is 215 Å². The van der Waals surface area contributed by atoms with Gasteiger partial charge in [0.05, 0.1) is 16.8 Å². The number of aliphatic imine (C=N–C) groups is 1. The van der Waals surface area contributed by atoms with Gasteiger partial charge in [0.15, 0.2) is 11.1 Å². The molecule has 0 radical (unpaired) electrons. The molecule has 35 heavy (non-hydrogen) atoms. The fourth-order valence-corrected chi connectivity index (χ4v) is 4.75. The Morgan fingerprint density at radius 3 is 2.80 bits per heavy atom. The van der Waals surface area contributed by atoms with Crippen molar-refractivity contribution in [2.75, 3.05) is 25.0 Å². The monoisotopic (exact) mass is 559 g/mol. The number of thiazole rings is 1. The second kappa shape index (κ2) is 12.0. The second-order valence-corrected chi connectivity index (χ2v) is 9.97. The standard InChI is InChI=1S/C24H26BrN5O4S/c25-16-6-9-20-18(14-16)28-24(35-20)29-19(22(32)33)13-15-4-7-17(8-5-15)34-12-1-3-21(31)30-23-26-10-2-11-27-23/h4-9,14,19H,1-3,10-13H2,(H,28,29)(H,32,33)(H2,26,27,30,31)/t19-/m0/s1. The second-order valence-electron chi connectivity index (χ2n) is 8.03. The van der Waals surface area contributed by atoms with E-state index >= 15 is 0 Å². The lowest BCUT2D eigenvalue weighted by Crippen LogP contribution is -2.43. The number of ether oxygens (including phenoxy) is 1. The zero-order chi connectivity index (χ0) is 24.6. The van der Waals surface area contributed by atoms with Gasteiger partial charge in [0.25, 0.3) is 0 Å². The molecule has 0 fully saturated rings. The number of nitrogens with zero attached hydrogens (tertiary/aromatic N) is 2. The SMILES string of the molecule is O=C(CCCOc1ccc(C[C@H](Nc2nc3cc(Br)ccc3s2)C(=O)O)cc1)NC1=NCCCN1. The van der Waals surface area contributed by atoms with E-state index in [2.05, 4.69) is 41.9 Å². The first kappa shape index (κ1) is 24.9. The van der Waals surface area contributed by atoms with E-state index in [1.807, 2.05) is 42.5 Å². The van der Waals surface area contributed by atoms with E-state index in [9.17, 15) is 14.7 Å². The number of hydrogen-bond donors (Lipinski definition) is 4. The number of anilines is 1. The van der Waals surface area contributed by atoms with Gasteiger partial charge >= 0.3 is 5.97 Å². The van der Waals surface area contributed by atoms with E-state index < -0.39 is 12.0 Å². The first-order valence-corrected chi connectivity index (χ1v) is 12.9. The van der Waals surface area contributed by atoms with Gasteiger partial charge in [-0.25, -0.2) is 9.78 Å². The number of carboxylic acid groups (broad SMARTS) is 1. The quantitative estimate of drug-likeness (QED) is 0.278. The molecule has 1 aliphatic heterocycles. The highest BCUT2D eigenvalue weighted by Crippen LogP contribution is 2.29. The van der Waals surface area contributed by atoms with Gasteiger partial charge in [-0.15, -0.1) is 0 Å². The molecule has 2 heterocycles. The summed E-state index contributed by atoms with van der Waals surface area (Å²) >= 11 is 4.85. The minimum absolute atomic E-state index is 0.0925. The molecular weight excluding hydrogens is 534 g/mol. The van der Waals surface area contributed by atoms with Crippen LogP contribution in [0.4, 0.5) is 5.13 Å². The Balaban J connectivity index is 1.24. The normalized spacial score (nSPS) is 14.0. The number of aliphatic carboxylic acids is 1. The molecule has 1 aromatic heterocycles. The van der Waals surface area contributed by atoms with Gasteiger partial charge in [0, 0.05) is 30.4 Å². The van der Waals surface area contributed by atoms with Crippen molar-refractivity contribution in [3.63, 3.8) is 0 Å². The van der Waals surface area contributed by atoms with Crippen molar-refractivity contribution in [2.45, 2.75) is 31.7 Å². The maximum atomic E-state index is 12.0. The molecule has 1 aliphatic rings. The number of aromatic nitrogens is 1. The average molecular weight is 560 g/mol. The molecular formula is C24H26BrN5O4S. The molecule has 9 nitrogen and oxygen atoms in total. The maximum absolute atomic E-state index is 12.0. The summed E-state index contributed by atoms with van der Waals surface area (Å²) in [5.74, 6) is 0.177. The van der Waals surface area contributed by atoms with E-state index in [1.165, 1.54) is 11.3 Å². The van der Waals surface area contributed by atoms with E-state index in [4.69, 9.17) is 4.74 Å². The molecule has 1 atom stereocenters. The maximum Gasteiger partial charge on any atom is 0.326 e. The van der Waals surface area contributed by atoms with Crippen LogP contribution < -0.4 is 20.7 Å². The number of halogens is 1. The molecule has 0 bridgehead atoms. The molecule has 0 unspecified atom stereocenters. The van der Waals surface area contributed by atoms with Crippen molar-refractivity contribution in [1.82, 2.24) is 15.6 Å². The molecule has 0 spiro atoms. The topological polar surface area (TPSA) is 125 Å². The third kappa shape index (κ3) is 7.40. The van der Waals surface area contributed by atoms with Gasteiger partial charge in [-0.3, -0.25) is 15.1 Å². The minimum atomic E-state index is -0.946. The van der Waals surface area contributed by atoms with Crippen molar-refractivity contribution >= 4 is 60.5 Å². The minimum Gasteiger partial charge on any atom is -0.494 e. The zero-order valence-electron chi connectivity index (χ0n) is 18.9. The van der Waals surface area contributed by atoms with Crippen LogP contribution in [0.25, 0.3) is 10.2 Å². The van der Waals surface area contributed by atoms with Gasteiger partial charge in [0.1, 0.15) is 11.8 Å². The van der Waals surface area contributed by atoms with E-state index in [-0.39, 0.29) is 5.91 Å². The van der Waals surface area contributed by atoms with Gasteiger partial charge < -0.3 is 20.5 Å². The van der Waals surface area contributed by atoms with Crippen LogP contribution in [0.1, 0.15) is 24.8 Å². The molecule has 0 saturated carbocycles. The van der Waals surface area contributed by atoms with Crippen LogP contribution in [-0.4, -0.2) is 53.7 Å². The molecule has 4 N–H and O–H groups in total. The number of carbonyl (C=O) groups is 2. The average Bonchev–Trinajstić information content (AvgIpc) is 3.24. The largest absolute Gasteiger partial charge is 0.494 e. The molecule has 4 rings (SSSR count). The summed E-state index contributed by atoms with van der Waals surface area (Å²) in [6.07, 6.45) is 2.19. The Hall–Kier alpha value is -3.18. The van der Waals surface area contributed by atoms with Gasteiger partial charge in [-0.05, 0) is 48.7 Å². The van der Waals surface area contributed by atoms with Gasteiger partial charge in [0.2, 0.25) is 5.91 Å². The van der Waals surface area contributed by atoms with Gasteiger partial charge in [-0.1, -0.05) is 39.4 Å². The molecule has 11 heteroatoms. The van der Waals surface area contributed by atoms with E-state index in [0.717, 1.165) is 39.8 Å². The highest BCUT2D eigenvalue weighted by atomic mass is 79.9. The van der Waals surface area contributed by atoms with Crippen LogP contribution in [0, 0.1) is 0 Å². The summed E-state index contributed by atoms with van der Waals surface area (Å²) in [7, 11) is 0. The van der Waals surface area contributed by atoms with Crippen molar-refractivity contribution in [3.05, 3.63) is 52.5 Å². The number of guanidine groups is 1. The van der Waals surface area contributed by atoms with Crippen molar-refractivity contribution in [1.29, 1.82) is 0 Å². The fraction of sp³-hybridized carbons (Fsp3) is 0.333. The number of rotatable bonds is 10. The van der Waals surface area contributed by atoms with Gasteiger partial charge in [-0.2, -0.15) is 0 Å². The summed E-state index contributed by atoms with van der Waals surface area (Å²) in [6, 6.07) is 12.3. The summed E-state index contributed by atoms with van der Waals surface area (Å²) in [6.45, 7) is 1.95. The van der Waals surface area contributed by atoms with E-state index in [1.54, 1.807) is 0 Å². The Morgan fingerprint density at radius 2 is 2.06 bits per heavy atom. The van der Waals surface area contributed by atoms with E-state index in [0.29, 0.717) is 42.7 Å². The lowest BCUT2D eigenvalue weighted by Gasteiger charge is -2.15. The predicted octanol–water partition coefficient (Wildman–Crippen LogP) is 3.79. The number of fused-ring (bicyclic) bond motifs is 1. The lowest BCUT2D eigenvalue weighted by molar-refractivity contribution is -0.137. The highest BCUT2D eigenvalue weighted by Gasteiger charge is 2.20. The zero-order valence-corrected chi connectivity index (χ0v) is 21.3. The number of benzene rings is 2. The molecule has 0 aliphatic carbocycles. The smallest absolute Gasteiger partial charge is 0.326 e. The van der Waals surface area contributed by atoms with Crippen molar-refractivity contribution in [3.8, 4) is 5.75 Å². The lowest BCUT2D eigenvalue weighted by atomic mass is 10.1. The third-order valence-corrected chi connectivity index (χ3v) is 6.74. The Morgan fingerprint density at radius 1 is 1.23 bits per heavy atom. The van der Waals surface area contributed by atoms with Crippen molar-refractivity contribution < 1.29 is 19.4 Å².